The summed E-state index contributed by atoms with van der Waals surface area (Å²) in [6.45, 7) is 12.3. The summed E-state index contributed by atoms with van der Waals surface area (Å²) in [5, 5.41) is 14.6. The van der Waals surface area contributed by atoms with E-state index in [2.05, 4.69) is 61.8 Å². The van der Waals surface area contributed by atoms with Gasteiger partial charge in [0.15, 0.2) is 5.78 Å². The molecule has 1 saturated heterocycles. The second-order valence-corrected chi connectivity index (χ2v) is 20.4. The Morgan fingerprint density at radius 3 is 2.48 bits per heavy atom. The lowest BCUT2D eigenvalue weighted by atomic mass is 9.87. The number of para-hydroxylation sites is 2. The summed E-state index contributed by atoms with van der Waals surface area (Å²) in [6, 6.07) is 14.9. The highest BCUT2D eigenvalue weighted by Gasteiger charge is 2.62. The molecule has 7 rings (SSSR count). The van der Waals surface area contributed by atoms with Crippen LogP contribution in [0.2, 0.25) is 5.28 Å². The predicted molar refractivity (Wildman–Crippen MR) is 221 cm³/mol. The molecule has 56 heavy (non-hydrogen) atoms. The molecule has 2 aromatic carbocycles. The number of ketones is 1. The van der Waals surface area contributed by atoms with E-state index >= 15 is 0 Å². The molecule has 1 aromatic heterocycles. The normalized spacial score (nSPS) is 27.3. The third-order valence-electron chi connectivity index (χ3n) is 12.0. The number of rotatable bonds is 6. The highest BCUT2D eigenvalue weighted by atomic mass is 35.5. The molecular formula is C43H58ClN5O6S. The minimum Gasteiger partial charge on any atom is -0.391 e. The number of hydrogen-bond acceptors (Lipinski definition) is 8. The number of sulfonamides is 1. The van der Waals surface area contributed by atoms with Gasteiger partial charge in [-0.2, -0.15) is 0 Å². The zero-order valence-electron chi connectivity index (χ0n) is 33.6. The van der Waals surface area contributed by atoms with Crippen molar-refractivity contribution in [1.82, 2.24) is 19.2 Å². The number of aromatic nitrogens is 2. The number of fused-ring (bicyclic) bond motifs is 3. The maximum atomic E-state index is 14.1. The number of halogens is 1. The van der Waals surface area contributed by atoms with Crippen LogP contribution in [0.5, 0.6) is 0 Å². The van der Waals surface area contributed by atoms with Crippen molar-refractivity contribution in [2.75, 3.05) is 11.9 Å². The zero-order chi connectivity index (χ0) is 40.6. The molecule has 2 aliphatic heterocycles. The van der Waals surface area contributed by atoms with Crippen molar-refractivity contribution >= 4 is 55.9 Å². The van der Waals surface area contributed by atoms with Gasteiger partial charge in [0.1, 0.15) is 6.04 Å². The average molecular weight is 808 g/mol. The maximum absolute atomic E-state index is 14.1. The van der Waals surface area contributed by atoms with E-state index in [0.29, 0.717) is 37.0 Å². The Balaban J connectivity index is 0.000000343. The second kappa shape index (κ2) is 16.3. The summed E-state index contributed by atoms with van der Waals surface area (Å²) >= 11 is 6.01. The molecule has 0 spiro atoms. The molecule has 2 saturated carbocycles. The van der Waals surface area contributed by atoms with Crippen molar-refractivity contribution in [3.8, 4) is 0 Å². The smallest absolute Gasteiger partial charge is 0.245 e. The van der Waals surface area contributed by atoms with Crippen LogP contribution >= 0.6 is 11.6 Å². The summed E-state index contributed by atoms with van der Waals surface area (Å²) < 4.78 is 29.2. The van der Waals surface area contributed by atoms with Crippen LogP contribution in [0.3, 0.4) is 0 Å². The molecule has 3 heterocycles. The molecule has 4 aliphatic rings. The van der Waals surface area contributed by atoms with Gasteiger partial charge in [-0.25, -0.2) is 13.4 Å². The van der Waals surface area contributed by atoms with Crippen LogP contribution in [-0.4, -0.2) is 75.1 Å². The van der Waals surface area contributed by atoms with Crippen molar-refractivity contribution in [3.05, 3.63) is 71.5 Å². The molecule has 5 atom stereocenters. The van der Waals surface area contributed by atoms with E-state index in [-0.39, 0.29) is 42.4 Å². The Kier molecular flexibility index (Phi) is 12.2. The number of anilines is 1. The molecule has 2 aliphatic carbocycles. The number of nitrogens with zero attached hydrogens (tertiary/aromatic N) is 3. The molecule has 0 bridgehead atoms. The van der Waals surface area contributed by atoms with Gasteiger partial charge >= 0.3 is 0 Å². The van der Waals surface area contributed by atoms with E-state index in [1.165, 1.54) is 4.90 Å². The summed E-state index contributed by atoms with van der Waals surface area (Å²) in [6.07, 6.45) is 8.48. The summed E-state index contributed by atoms with van der Waals surface area (Å²) in [4.78, 5) is 47.3. The number of allylic oxidation sites excluding steroid dienone is 2. The Morgan fingerprint density at radius 2 is 1.79 bits per heavy atom. The number of amides is 2. The van der Waals surface area contributed by atoms with Crippen LogP contribution in [0, 0.1) is 11.3 Å². The van der Waals surface area contributed by atoms with Gasteiger partial charge in [0, 0.05) is 31.1 Å². The molecule has 3 aromatic rings. The van der Waals surface area contributed by atoms with E-state index < -0.39 is 44.3 Å². The number of nitrogens with one attached hydrogen (secondary N) is 2. The van der Waals surface area contributed by atoms with Crippen LogP contribution in [0.4, 0.5) is 5.69 Å². The van der Waals surface area contributed by atoms with Gasteiger partial charge in [0.25, 0.3) is 0 Å². The number of aliphatic hydroxyl groups excluding tert-OH is 1. The van der Waals surface area contributed by atoms with Gasteiger partial charge in [0.2, 0.25) is 27.1 Å². The molecule has 3 N–H and O–H groups in total. The Morgan fingerprint density at radius 1 is 1.05 bits per heavy atom. The number of Topliss-reactive ketones (excluding diaryl/α,β-unsaturated/α-hetero) is 1. The fourth-order valence-corrected chi connectivity index (χ4v) is 9.71. The van der Waals surface area contributed by atoms with Crippen LogP contribution in [0.15, 0.2) is 60.7 Å². The number of carbonyl (C=O) groups excluding carboxylic acids is 3. The lowest BCUT2D eigenvalue weighted by Gasteiger charge is -2.30. The van der Waals surface area contributed by atoms with Crippen LogP contribution in [0.1, 0.15) is 117 Å². The molecule has 3 fully saturated rings. The number of carbonyl (C=O) groups is 3. The molecule has 304 valence electrons. The fourth-order valence-electron chi connectivity index (χ4n) is 8.00. The highest BCUT2D eigenvalue weighted by molar-refractivity contribution is 7.91. The zero-order valence-corrected chi connectivity index (χ0v) is 35.1. The summed E-state index contributed by atoms with van der Waals surface area (Å²) in [5.74, 6) is -1.43. The molecule has 13 heteroatoms. The van der Waals surface area contributed by atoms with Crippen LogP contribution < -0.4 is 10.0 Å². The highest BCUT2D eigenvalue weighted by Crippen LogP contribution is 2.57. The summed E-state index contributed by atoms with van der Waals surface area (Å²) in [5.41, 5.74) is 2.80. The number of aliphatic hydroxyl groups is 1. The first-order valence-corrected chi connectivity index (χ1v) is 22.0. The first-order valence-electron chi connectivity index (χ1n) is 20.1. The van der Waals surface area contributed by atoms with Crippen LogP contribution in [-0.2, 0) is 29.8 Å². The molecule has 11 nitrogen and oxygen atoms in total. The van der Waals surface area contributed by atoms with Gasteiger partial charge in [-0.3, -0.25) is 19.1 Å². The Bertz CT molecular complexity index is 2090. The third-order valence-corrected chi connectivity index (χ3v) is 14.4. The Labute approximate surface area is 336 Å². The topological polar surface area (TPSA) is 151 Å². The van der Waals surface area contributed by atoms with Crippen molar-refractivity contribution in [3.63, 3.8) is 0 Å². The fraction of sp³-hybridized carbons (Fsp3) is 0.581. The predicted octanol–water partition coefficient (Wildman–Crippen LogP) is 7.48. The monoisotopic (exact) mass is 807 g/mol. The van der Waals surface area contributed by atoms with E-state index in [0.717, 1.165) is 48.0 Å². The lowest BCUT2D eigenvalue weighted by Crippen LogP contribution is -2.49. The largest absolute Gasteiger partial charge is 0.391 e. The lowest BCUT2D eigenvalue weighted by molar-refractivity contribution is -0.139. The average Bonchev–Trinajstić information content (AvgIpc) is 3.97. The third kappa shape index (κ3) is 9.02. The van der Waals surface area contributed by atoms with E-state index in [1.54, 1.807) is 6.92 Å². The molecule has 0 radical (unpaired) electrons. The molecule has 2 amide bonds. The van der Waals surface area contributed by atoms with E-state index in [9.17, 15) is 27.9 Å². The quantitative estimate of drug-likeness (QED) is 0.217. The standard InChI is InChI=1S/C33H47N3O6S.C10H11ClN2/c1-31(2,3)22-12-10-13-24(17-22)34-26-14-9-7-5-6-8-11-23-19-33(23,30(40)35-43(41,42)32(4)15-16-32)20-28(38)27-18-25(37)21-36(27)29(26)39;1-7(2)13-9-6-4-3-5-8(9)12-10(13)11/h8,10-13,17,23,25-27,34,37H,5-7,9,14-16,18-21H2,1-4H3,(H,35,40);3-7H,1-2H3/b11-8-;/t23-,25-,26+,27+,33-;/m1./s1. The van der Waals surface area contributed by atoms with Crippen molar-refractivity contribution in [2.24, 2.45) is 11.3 Å². The van der Waals surface area contributed by atoms with Gasteiger partial charge < -0.3 is 19.9 Å². The minimum atomic E-state index is -3.86. The van der Waals surface area contributed by atoms with Crippen molar-refractivity contribution in [1.29, 1.82) is 0 Å². The van der Waals surface area contributed by atoms with Crippen molar-refractivity contribution in [2.45, 2.75) is 140 Å². The maximum Gasteiger partial charge on any atom is 0.245 e. The first-order chi connectivity index (χ1) is 26.3. The number of imidazole rings is 1. The number of benzene rings is 2. The van der Waals surface area contributed by atoms with Gasteiger partial charge in [-0.15, -0.1) is 0 Å². The minimum absolute atomic E-state index is 0.0463. The van der Waals surface area contributed by atoms with Gasteiger partial charge in [-0.05, 0) is 112 Å². The van der Waals surface area contributed by atoms with Gasteiger partial charge in [0.05, 0.1) is 33.3 Å². The Hall–Kier alpha value is -3.74. The second-order valence-electron chi connectivity index (χ2n) is 17.8. The molecule has 0 unspecified atom stereocenters. The van der Waals surface area contributed by atoms with E-state index in [1.807, 2.05) is 53.1 Å². The van der Waals surface area contributed by atoms with E-state index in [4.69, 9.17) is 11.6 Å². The van der Waals surface area contributed by atoms with Gasteiger partial charge in [-0.1, -0.05) is 70.0 Å². The summed E-state index contributed by atoms with van der Waals surface area (Å²) in [7, 11) is -3.86. The number of hydrogen-bond donors (Lipinski definition) is 3. The first kappa shape index (κ1) is 41.9. The van der Waals surface area contributed by atoms with Crippen molar-refractivity contribution < 1.29 is 27.9 Å². The SMILES string of the molecule is CC(C)(C)c1cccc(N[C@H]2CCCCC/C=C\[C@@H]3C[C@@]3(C(=O)NS(=O)(=O)C3(C)CC3)CC(=O)[C@@H]3C[C@@H](O)CN3C2=O)c1.CC(C)n1c(Cl)nc2ccccc21. The molecular weight excluding hydrogens is 750 g/mol. The van der Waals surface area contributed by atoms with Crippen LogP contribution in [0.25, 0.3) is 11.0 Å².